The average molecular weight is 282 g/mol. The molecule has 5 nitrogen and oxygen atoms in total. The zero-order valence-corrected chi connectivity index (χ0v) is 11.4. The molecule has 1 aromatic rings. The fraction of sp³-hybridized carbons (Fsp3) is 0.429. The molecule has 110 valence electrons. The molecule has 0 heterocycles. The van der Waals surface area contributed by atoms with Gasteiger partial charge in [-0.05, 0) is 31.0 Å². The molecule has 0 aliphatic heterocycles. The van der Waals surface area contributed by atoms with Crippen molar-refractivity contribution in [1.29, 1.82) is 0 Å². The molecule has 1 atom stereocenters. The van der Waals surface area contributed by atoms with Gasteiger partial charge in [0.2, 0.25) is 5.91 Å². The molecule has 0 spiro atoms. The lowest BCUT2D eigenvalue weighted by Crippen LogP contribution is -2.43. The zero-order chi connectivity index (χ0) is 15.1. The maximum absolute atomic E-state index is 13.1. The summed E-state index contributed by atoms with van der Waals surface area (Å²) in [6.07, 6.45) is -0.0573. The number of likely N-dealkylation sites (N-methyl/N-ethyl adjacent to an activating group) is 1. The van der Waals surface area contributed by atoms with Crippen molar-refractivity contribution in [1.82, 2.24) is 4.90 Å². The molecule has 20 heavy (non-hydrogen) atoms. The van der Waals surface area contributed by atoms with Gasteiger partial charge >= 0.3 is 5.97 Å². The maximum atomic E-state index is 13.1. The van der Waals surface area contributed by atoms with Crippen molar-refractivity contribution in [3.63, 3.8) is 0 Å². The van der Waals surface area contributed by atoms with Gasteiger partial charge in [0.15, 0.2) is 0 Å². The molecule has 0 aromatic heterocycles. The Kier molecular flexibility index (Phi) is 6.11. The second-order valence-electron chi connectivity index (χ2n) is 4.52. The minimum absolute atomic E-state index is 0.0911. The molecule has 1 rings (SSSR count). The molecule has 0 saturated heterocycles. The van der Waals surface area contributed by atoms with Crippen molar-refractivity contribution < 1.29 is 19.1 Å². The molecule has 1 unspecified atom stereocenters. The first-order valence-electron chi connectivity index (χ1n) is 6.44. The third kappa shape index (κ3) is 4.97. The number of halogens is 1. The third-order valence-electron chi connectivity index (χ3n) is 2.94. The molecular formula is C14H19FN2O3. The van der Waals surface area contributed by atoms with E-state index < -0.39 is 12.0 Å². The van der Waals surface area contributed by atoms with E-state index in [4.69, 9.17) is 10.8 Å². The van der Waals surface area contributed by atoms with Gasteiger partial charge in [0.1, 0.15) is 5.82 Å². The van der Waals surface area contributed by atoms with Crippen LogP contribution in [0, 0.1) is 5.82 Å². The van der Waals surface area contributed by atoms with E-state index >= 15 is 0 Å². The number of hydrogen-bond donors (Lipinski definition) is 2. The summed E-state index contributed by atoms with van der Waals surface area (Å²) in [4.78, 5) is 24.0. The van der Waals surface area contributed by atoms with Crippen LogP contribution in [0.2, 0.25) is 0 Å². The Bertz CT molecular complexity index is 479. The highest BCUT2D eigenvalue weighted by atomic mass is 19.1. The van der Waals surface area contributed by atoms with Crippen molar-refractivity contribution in [2.75, 3.05) is 6.54 Å². The number of carbonyl (C=O) groups is 2. The fourth-order valence-electron chi connectivity index (χ4n) is 1.84. The lowest BCUT2D eigenvalue weighted by atomic mass is 10.1. The van der Waals surface area contributed by atoms with Gasteiger partial charge in [0.25, 0.3) is 0 Å². The second-order valence-corrected chi connectivity index (χ2v) is 4.52. The zero-order valence-electron chi connectivity index (χ0n) is 11.4. The van der Waals surface area contributed by atoms with Crippen LogP contribution in [0.4, 0.5) is 4.39 Å². The van der Waals surface area contributed by atoms with E-state index in [1.165, 1.54) is 17.0 Å². The van der Waals surface area contributed by atoms with E-state index in [-0.39, 0.29) is 31.1 Å². The molecule has 3 N–H and O–H groups in total. The normalized spacial score (nSPS) is 11.9. The summed E-state index contributed by atoms with van der Waals surface area (Å²) in [6.45, 7) is 2.48. The Morgan fingerprint density at radius 3 is 2.70 bits per heavy atom. The van der Waals surface area contributed by atoms with Crippen LogP contribution in [-0.2, 0) is 16.1 Å². The highest BCUT2D eigenvalue weighted by molar-refractivity contribution is 5.82. The highest BCUT2D eigenvalue weighted by Gasteiger charge is 2.20. The fourth-order valence-corrected chi connectivity index (χ4v) is 1.84. The van der Waals surface area contributed by atoms with Crippen molar-refractivity contribution in [3.05, 3.63) is 35.6 Å². The standard InChI is InChI=1S/C14H19FN2O3/c1-2-17(9-10-4-3-5-11(15)8-10)14(20)12(16)6-7-13(18)19/h3-5,8,12H,2,6-7,9,16H2,1H3,(H,18,19). The number of amides is 1. The summed E-state index contributed by atoms with van der Waals surface area (Å²) < 4.78 is 13.1. The second kappa shape index (κ2) is 7.59. The monoisotopic (exact) mass is 282 g/mol. The number of benzene rings is 1. The van der Waals surface area contributed by atoms with Crippen LogP contribution in [0.15, 0.2) is 24.3 Å². The van der Waals surface area contributed by atoms with E-state index in [2.05, 4.69) is 0 Å². The van der Waals surface area contributed by atoms with Crippen molar-refractivity contribution >= 4 is 11.9 Å². The Balaban J connectivity index is 2.65. The van der Waals surface area contributed by atoms with Gasteiger partial charge in [-0.1, -0.05) is 12.1 Å². The first-order chi connectivity index (χ1) is 9.43. The summed E-state index contributed by atoms with van der Waals surface area (Å²) in [7, 11) is 0. The van der Waals surface area contributed by atoms with Gasteiger partial charge in [0, 0.05) is 19.5 Å². The third-order valence-corrected chi connectivity index (χ3v) is 2.94. The quantitative estimate of drug-likeness (QED) is 0.791. The van der Waals surface area contributed by atoms with E-state index in [9.17, 15) is 14.0 Å². The Hall–Kier alpha value is -1.95. The van der Waals surface area contributed by atoms with E-state index in [1.54, 1.807) is 19.1 Å². The van der Waals surface area contributed by atoms with E-state index in [0.717, 1.165) is 0 Å². The number of nitrogens with zero attached hydrogens (tertiary/aromatic N) is 1. The summed E-state index contributed by atoms with van der Waals surface area (Å²) in [6, 6.07) is 5.15. The molecular weight excluding hydrogens is 263 g/mol. The number of carboxylic acid groups (broad SMARTS) is 1. The number of rotatable bonds is 7. The van der Waals surface area contributed by atoms with Crippen LogP contribution in [0.5, 0.6) is 0 Å². The van der Waals surface area contributed by atoms with Crippen LogP contribution >= 0.6 is 0 Å². The molecule has 1 aromatic carbocycles. The predicted octanol–water partition coefficient (Wildman–Crippen LogP) is 1.37. The highest BCUT2D eigenvalue weighted by Crippen LogP contribution is 2.09. The van der Waals surface area contributed by atoms with Gasteiger partial charge in [-0.25, -0.2) is 4.39 Å². The lowest BCUT2D eigenvalue weighted by molar-refractivity contribution is -0.137. The molecule has 0 radical (unpaired) electrons. The molecule has 6 heteroatoms. The van der Waals surface area contributed by atoms with Gasteiger partial charge in [-0.2, -0.15) is 0 Å². The Labute approximate surface area is 117 Å². The van der Waals surface area contributed by atoms with Crippen LogP contribution in [-0.4, -0.2) is 34.5 Å². The van der Waals surface area contributed by atoms with Crippen LogP contribution < -0.4 is 5.73 Å². The largest absolute Gasteiger partial charge is 0.481 e. The molecule has 1 amide bonds. The van der Waals surface area contributed by atoms with Gasteiger partial charge in [0.05, 0.1) is 6.04 Å². The molecule has 0 aliphatic rings. The summed E-state index contributed by atoms with van der Waals surface area (Å²) >= 11 is 0. The Morgan fingerprint density at radius 1 is 1.45 bits per heavy atom. The topological polar surface area (TPSA) is 83.6 Å². The molecule has 0 aliphatic carbocycles. The van der Waals surface area contributed by atoms with Gasteiger partial charge in [-0.3, -0.25) is 9.59 Å². The molecule has 0 bridgehead atoms. The lowest BCUT2D eigenvalue weighted by Gasteiger charge is -2.24. The summed E-state index contributed by atoms with van der Waals surface area (Å²) in [5.41, 5.74) is 6.37. The summed E-state index contributed by atoms with van der Waals surface area (Å²) in [5, 5.41) is 8.58. The van der Waals surface area contributed by atoms with Crippen LogP contribution in [0.1, 0.15) is 25.3 Å². The van der Waals surface area contributed by atoms with E-state index in [1.807, 2.05) is 0 Å². The number of aliphatic carboxylic acids is 1. The smallest absolute Gasteiger partial charge is 0.303 e. The SMILES string of the molecule is CCN(Cc1cccc(F)c1)C(=O)C(N)CCC(=O)O. The predicted molar refractivity (Wildman–Crippen MR) is 72.3 cm³/mol. The minimum Gasteiger partial charge on any atom is -0.481 e. The first kappa shape index (κ1) is 16.1. The first-order valence-corrected chi connectivity index (χ1v) is 6.44. The van der Waals surface area contributed by atoms with Gasteiger partial charge in [-0.15, -0.1) is 0 Å². The number of carboxylic acids is 1. The van der Waals surface area contributed by atoms with E-state index in [0.29, 0.717) is 12.1 Å². The average Bonchev–Trinajstić information content (AvgIpc) is 2.41. The maximum Gasteiger partial charge on any atom is 0.303 e. The Morgan fingerprint density at radius 2 is 2.15 bits per heavy atom. The van der Waals surface area contributed by atoms with Crippen LogP contribution in [0.3, 0.4) is 0 Å². The number of nitrogens with two attached hydrogens (primary N) is 1. The van der Waals surface area contributed by atoms with Crippen molar-refractivity contribution in [2.24, 2.45) is 5.73 Å². The minimum atomic E-state index is -0.985. The van der Waals surface area contributed by atoms with Crippen molar-refractivity contribution in [2.45, 2.75) is 32.4 Å². The van der Waals surface area contributed by atoms with Crippen molar-refractivity contribution in [3.8, 4) is 0 Å². The number of carbonyl (C=O) groups excluding carboxylic acids is 1. The molecule has 0 saturated carbocycles. The van der Waals surface area contributed by atoms with Gasteiger partial charge < -0.3 is 15.7 Å². The van der Waals surface area contributed by atoms with Crippen LogP contribution in [0.25, 0.3) is 0 Å². The molecule has 0 fully saturated rings. The summed E-state index contributed by atoms with van der Waals surface area (Å²) in [5.74, 6) is -1.67. The number of hydrogen-bond acceptors (Lipinski definition) is 3.